The van der Waals surface area contributed by atoms with E-state index in [0.29, 0.717) is 0 Å². The Morgan fingerprint density at radius 2 is 1.58 bits per heavy atom. The second-order valence-electron chi connectivity index (χ2n) is 5.90. The van der Waals surface area contributed by atoms with Crippen LogP contribution in [-0.2, 0) is 5.41 Å². The fraction of sp³-hybridized carbons (Fsp3) is 0.294. The molecule has 0 atom stereocenters. The van der Waals surface area contributed by atoms with Crippen LogP contribution in [0, 0.1) is 6.92 Å². The topological polar surface area (TPSA) is 0 Å². The number of benzene rings is 2. The Morgan fingerprint density at radius 1 is 0.895 bits per heavy atom. The van der Waals surface area contributed by atoms with Crippen molar-refractivity contribution in [3.8, 4) is 11.1 Å². The van der Waals surface area contributed by atoms with E-state index in [4.69, 9.17) is 23.2 Å². The van der Waals surface area contributed by atoms with E-state index in [1.807, 2.05) is 24.3 Å². The van der Waals surface area contributed by atoms with Gasteiger partial charge in [0.15, 0.2) is 0 Å². The van der Waals surface area contributed by atoms with Gasteiger partial charge in [-0.15, -0.1) is 0 Å². The maximum Gasteiger partial charge on any atom is 0.0449 e. The first kappa shape index (κ1) is 14.4. The predicted octanol–water partition coefficient (Wildman–Crippen LogP) is 6.27. The van der Waals surface area contributed by atoms with Crippen LogP contribution in [0.3, 0.4) is 0 Å². The highest BCUT2D eigenvalue weighted by atomic mass is 35.5. The highest BCUT2D eigenvalue weighted by Crippen LogP contribution is 2.34. The highest BCUT2D eigenvalue weighted by molar-refractivity contribution is 6.32. The summed E-state index contributed by atoms with van der Waals surface area (Å²) in [5, 5.41) is 1.58. The van der Waals surface area contributed by atoms with Gasteiger partial charge in [0, 0.05) is 10.0 Å². The molecule has 100 valence electrons. The summed E-state index contributed by atoms with van der Waals surface area (Å²) in [6, 6.07) is 12.2. The molecule has 0 aromatic heterocycles. The van der Waals surface area contributed by atoms with Crippen LogP contribution in [0.15, 0.2) is 36.4 Å². The molecule has 2 aromatic carbocycles. The van der Waals surface area contributed by atoms with Crippen molar-refractivity contribution in [1.29, 1.82) is 0 Å². The molecule has 0 aliphatic heterocycles. The number of hydrogen-bond donors (Lipinski definition) is 0. The van der Waals surface area contributed by atoms with E-state index in [9.17, 15) is 0 Å². The van der Waals surface area contributed by atoms with E-state index in [1.54, 1.807) is 0 Å². The molecule has 0 radical (unpaired) electrons. The predicted molar refractivity (Wildman–Crippen MR) is 85.3 cm³/mol. The van der Waals surface area contributed by atoms with Crippen LogP contribution in [-0.4, -0.2) is 0 Å². The Bertz CT molecular complexity index is 607. The largest absolute Gasteiger partial charge is 0.0843 e. The molecule has 0 nitrogen and oxygen atoms in total. The molecule has 0 aliphatic rings. The van der Waals surface area contributed by atoms with E-state index < -0.39 is 0 Å². The molecule has 0 unspecified atom stereocenters. The highest BCUT2D eigenvalue weighted by Gasteiger charge is 2.17. The van der Waals surface area contributed by atoms with E-state index in [1.165, 1.54) is 11.1 Å². The Labute approximate surface area is 125 Å². The summed E-state index contributed by atoms with van der Waals surface area (Å²) < 4.78 is 0. The first-order valence-corrected chi connectivity index (χ1v) is 7.11. The zero-order valence-electron chi connectivity index (χ0n) is 11.7. The molecule has 0 amide bonds. The molecule has 0 aliphatic carbocycles. The first-order valence-electron chi connectivity index (χ1n) is 6.35. The Kier molecular flexibility index (Phi) is 3.94. The van der Waals surface area contributed by atoms with Crippen molar-refractivity contribution in [2.24, 2.45) is 0 Å². The van der Waals surface area contributed by atoms with Gasteiger partial charge in [0.25, 0.3) is 0 Å². The van der Waals surface area contributed by atoms with Gasteiger partial charge in [-0.1, -0.05) is 62.2 Å². The van der Waals surface area contributed by atoms with Crippen molar-refractivity contribution < 1.29 is 0 Å². The minimum Gasteiger partial charge on any atom is -0.0843 e. The minimum absolute atomic E-state index is 0.0602. The third-order valence-electron chi connectivity index (χ3n) is 3.28. The van der Waals surface area contributed by atoms with Gasteiger partial charge in [0.1, 0.15) is 0 Å². The van der Waals surface area contributed by atoms with Gasteiger partial charge in [-0.25, -0.2) is 0 Å². The van der Waals surface area contributed by atoms with Crippen LogP contribution in [0.4, 0.5) is 0 Å². The average molecular weight is 293 g/mol. The van der Waals surface area contributed by atoms with E-state index >= 15 is 0 Å². The third-order valence-corrected chi connectivity index (χ3v) is 3.82. The summed E-state index contributed by atoms with van der Waals surface area (Å²) in [5.41, 5.74) is 4.69. The van der Waals surface area contributed by atoms with Gasteiger partial charge < -0.3 is 0 Å². The molecule has 0 fully saturated rings. The minimum atomic E-state index is 0.0602. The summed E-state index contributed by atoms with van der Waals surface area (Å²) in [6.45, 7) is 8.57. The van der Waals surface area contributed by atoms with Crippen molar-refractivity contribution in [2.75, 3.05) is 0 Å². The van der Waals surface area contributed by atoms with Crippen LogP contribution >= 0.6 is 23.2 Å². The maximum atomic E-state index is 6.42. The fourth-order valence-corrected chi connectivity index (χ4v) is 2.93. The summed E-state index contributed by atoms with van der Waals surface area (Å²) in [5.74, 6) is 0. The third kappa shape index (κ3) is 3.13. The summed E-state index contributed by atoms with van der Waals surface area (Å²) >= 11 is 12.4. The molecule has 0 saturated heterocycles. The number of hydrogen-bond acceptors (Lipinski definition) is 0. The molecule has 0 saturated carbocycles. The number of halogens is 2. The first-order chi connectivity index (χ1) is 8.79. The lowest BCUT2D eigenvalue weighted by molar-refractivity contribution is 0.590. The van der Waals surface area contributed by atoms with Crippen LogP contribution in [0.1, 0.15) is 31.9 Å². The van der Waals surface area contributed by atoms with Crippen molar-refractivity contribution >= 4 is 23.2 Å². The molecular formula is C17H18Cl2. The Hall–Kier alpha value is -0.980. The van der Waals surface area contributed by atoms with E-state index in [0.717, 1.165) is 21.2 Å². The van der Waals surface area contributed by atoms with Gasteiger partial charge in [-0.05, 0) is 52.8 Å². The van der Waals surface area contributed by atoms with Crippen molar-refractivity contribution in [3.05, 3.63) is 57.6 Å². The lowest BCUT2D eigenvalue weighted by atomic mass is 9.86. The van der Waals surface area contributed by atoms with Crippen LogP contribution in [0.2, 0.25) is 10.0 Å². The van der Waals surface area contributed by atoms with Crippen molar-refractivity contribution in [3.63, 3.8) is 0 Å². The van der Waals surface area contributed by atoms with Crippen LogP contribution < -0.4 is 0 Å². The molecule has 0 bridgehead atoms. The fourth-order valence-electron chi connectivity index (χ4n) is 2.24. The molecule has 19 heavy (non-hydrogen) atoms. The SMILES string of the molecule is Cc1cc(Cl)ccc1-c1ccc(C(C)(C)C)c(Cl)c1. The molecule has 2 aromatic rings. The second-order valence-corrected chi connectivity index (χ2v) is 6.75. The summed E-state index contributed by atoms with van der Waals surface area (Å²) in [4.78, 5) is 0. The second kappa shape index (κ2) is 5.19. The van der Waals surface area contributed by atoms with Gasteiger partial charge >= 0.3 is 0 Å². The van der Waals surface area contributed by atoms with Crippen LogP contribution in [0.25, 0.3) is 11.1 Å². The molecule has 2 rings (SSSR count). The van der Waals surface area contributed by atoms with E-state index in [2.05, 4.69) is 39.8 Å². The molecular weight excluding hydrogens is 275 g/mol. The Morgan fingerprint density at radius 3 is 2.11 bits per heavy atom. The summed E-state index contributed by atoms with van der Waals surface area (Å²) in [7, 11) is 0. The average Bonchev–Trinajstić information content (AvgIpc) is 2.26. The van der Waals surface area contributed by atoms with Crippen LogP contribution in [0.5, 0.6) is 0 Å². The lowest BCUT2D eigenvalue weighted by Crippen LogP contribution is -2.11. The normalized spacial score (nSPS) is 11.7. The zero-order valence-corrected chi connectivity index (χ0v) is 13.2. The maximum absolute atomic E-state index is 6.42. The Balaban J connectivity index is 2.51. The van der Waals surface area contributed by atoms with Crippen molar-refractivity contribution in [2.45, 2.75) is 33.1 Å². The van der Waals surface area contributed by atoms with E-state index in [-0.39, 0.29) is 5.41 Å². The quantitative estimate of drug-likeness (QED) is 0.581. The van der Waals surface area contributed by atoms with Gasteiger partial charge in [0.05, 0.1) is 0 Å². The van der Waals surface area contributed by atoms with Gasteiger partial charge in [-0.3, -0.25) is 0 Å². The smallest absolute Gasteiger partial charge is 0.0449 e. The standard InChI is InChI=1S/C17H18Cl2/c1-11-9-13(18)6-7-14(11)12-5-8-15(16(19)10-12)17(2,3)4/h5-10H,1-4H3. The lowest BCUT2D eigenvalue weighted by Gasteiger charge is -2.21. The molecule has 0 spiro atoms. The number of aryl methyl sites for hydroxylation is 1. The zero-order chi connectivity index (χ0) is 14.2. The molecule has 2 heteroatoms. The summed E-state index contributed by atoms with van der Waals surface area (Å²) in [6.07, 6.45) is 0. The number of rotatable bonds is 1. The molecule has 0 N–H and O–H groups in total. The van der Waals surface area contributed by atoms with Crippen molar-refractivity contribution in [1.82, 2.24) is 0 Å². The monoisotopic (exact) mass is 292 g/mol. The molecule has 0 heterocycles. The van der Waals surface area contributed by atoms with Gasteiger partial charge in [-0.2, -0.15) is 0 Å². The van der Waals surface area contributed by atoms with Gasteiger partial charge in [0.2, 0.25) is 0 Å².